The van der Waals surface area contributed by atoms with Crippen LogP contribution in [0.2, 0.25) is 0 Å². The van der Waals surface area contributed by atoms with Crippen molar-refractivity contribution in [2.45, 2.75) is 62.6 Å². The van der Waals surface area contributed by atoms with Crippen molar-refractivity contribution in [3.8, 4) is 0 Å². The van der Waals surface area contributed by atoms with Crippen LogP contribution in [-0.2, 0) is 4.74 Å². The summed E-state index contributed by atoms with van der Waals surface area (Å²) in [7, 11) is 0. The van der Waals surface area contributed by atoms with E-state index in [0.717, 1.165) is 31.9 Å². The van der Waals surface area contributed by atoms with E-state index in [1.54, 1.807) is 6.20 Å². The lowest BCUT2D eigenvalue weighted by molar-refractivity contribution is -0.136. The van der Waals surface area contributed by atoms with Crippen molar-refractivity contribution >= 4 is 5.82 Å². The van der Waals surface area contributed by atoms with Crippen LogP contribution in [0.15, 0.2) is 18.3 Å². The molecule has 1 spiro atoms. The number of aromatic nitrogens is 2. The van der Waals surface area contributed by atoms with E-state index < -0.39 is 0 Å². The fourth-order valence-corrected chi connectivity index (χ4v) is 4.21. The van der Waals surface area contributed by atoms with Crippen molar-refractivity contribution in [3.63, 3.8) is 0 Å². The quantitative estimate of drug-likeness (QED) is 0.927. The first-order chi connectivity index (χ1) is 10.8. The smallest absolute Gasteiger partial charge is 0.151 e. The first-order valence-electron chi connectivity index (χ1n) is 8.76. The molecule has 0 unspecified atom stereocenters. The van der Waals surface area contributed by atoms with Crippen molar-refractivity contribution in [2.75, 3.05) is 24.6 Å². The molecule has 1 aromatic rings. The van der Waals surface area contributed by atoms with Crippen molar-refractivity contribution in [1.29, 1.82) is 0 Å². The summed E-state index contributed by atoms with van der Waals surface area (Å²) in [5.41, 5.74) is 0.231. The van der Waals surface area contributed by atoms with Crippen LogP contribution in [0, 0.1) is 0 Å². The van der Waals surface area contributed by atoms with Gasteiger partial charge < -0.3 is 15.0 Å². The Balaban J connectivity index is 1.34. The molecule has 0 amide bonds. The Hall–Kier alpha value is -1.20. The van der Waals surface area contributed by atoms with E-state index in [1.807, 2.05) is 6.07 Å². The normalized spacial score (nSPS) is 31.0. The van der Waals surface area contributed by atoms with Gasteiger partial charge in [-0.15, -0.1) is 5.10 Å². The second-order valence-electron chi connectivity index (χ2n) is 7.11. The highest BCUT2D eigenvalue weighted by Gasteiger charge is 2.42. The highest BCUT2D eigenvalue weighted by Crippen LogP contribution is 2.42. The second-order valence-corrected chi connectivity index (χ2v) is 7.11. The number of nitrogens with one attached hydrogen (secondary N) is 1. The molecule has 1 aliphatic carbocycles. The number of hydrogen-bond acceptors (Lipinski definition) is 5. The largest absolute Gasteiger partial charge is 0.375 e. The van der Waals surface area contributed by atoms with Crippen LogP contribution in [0.5, 0.6) is 0 Å². The van der Waals surface area contributed by atoms with Gasteiger partial charge in [0.25, 0.3) is 0 Å². The maximum Gasteiger partial charge on any atom is 0.151 e. The van der Waals surface area contributed by atoms with Crippen LogP contribution in [0.25, 0.3) is 0 Å². The van der Waals surface area contributed by atoms with Crippen LogP contribution in [-0.4, -0.2) is 47.6 Å². The molecule has 0 bridgehead atoms. The predicted octanol–water partition coefficient (Wildman–Crippen LogP) is 2.14. The lowest BCUT2D eigenvalue weighted by atomic mass is 9.74. The molecule has 1 N–H and O–H groups in total. The molecule has 0 aromatic carbocycles. The topological polar surface area (TPSA) is 50.3 Å². The summed E-state index contributed by atoms with van der Waals surface area (Å²) in [6.07, 6.45) is 10.5. The minimum Gasteiger partial charge on any atom is -0.375 e. The average molecular weight is 302 g/mol. The van der Waals surface area contributed by atoms with Gasteiger partial charge in [0, 0.05) is 38.0 Å². The third-order valence-electron chi connectivity index (χ3n) is 5.53. The molecule has 120 valence electrons. The number of anilines is 1. The molecule has 3 aliphatic rings. The first kappa shape index (κ1) is 14.4. The maximum absolute atomic E-state index is 6.04. The van der Waals surface area contributed by atoms with E-state index in [0.29, 0.717) is 12.1 Å². The highest BCUT2D eigenvalue weighted by molar-refractivity contribution is 5.37. The summed E-state index contributed by atoms with van der Waals surface area (Å²) in [5, 5.41) is 12.2. The van der Waals surface area contributed by atoms with Gasteiger partial charge >= 0.3 is 0 Å². The zero-order valence-corrected chi connectivity index (χ0v) is 13.2. The van der Waals surface area contributed by atoms with E-state index in [4.69, 9.17) is 4.74 Å². The van der Waals surface area contributed by atoms with Crippen LogP contribution < -0.4 is 10.2 Å². The lowest BCUT2D eigenvalue weighted by Crippen LogP contribution is -2.55. The van der Waals surface area contributed by atoms with Crippen LogP contribution >= 0.6 is 0 Å². The van der Waals surface area contributed by atoms with Gasteiger partial charge in [0.15, 0.2) is 5.82 Å². The number of piperidine rings is 1. The Morgan fingerprint density at radius 2 is 2.18 bits per heavy atom. The SMILES string of the molecule is c1cnnc(N2CCC[C@@H](N[C@@H]3CCOC4(CCC4)C3)C2)c1. The van der Waals surface area contributed by atoms with E-state index in [2.05, 4.69) is 26.5 Å². The number of hydrogen-bond donors (Lipinski definition) is 1. The zero-order chi connectivity index (χ0) is 14.8. The standard InChI is InChI=1S/C17H26N4O/c1-5-16(20-18-9-1)21-10-2-4-15(13-21)19-14-6-11-22-17(12-14)7-3-8-17/h1,5,9,14-15,19H,2-4,6-8,10-13H2/t14-,15-/m1/s1. The molecule has 1 saturated carbocycles. The van der Waals surface area contributed by atoms with Crippen LogP contribution in [0.4, 0.5) is 5.82 Å². The summed E-state index contributed by atoms with van der Waals surface area (Å²) < 4.78 is 6.04. The Morgan fingerprint density at radius 3 is 2.95 bits per heavy atom. The molecule has 5 nitrogen and oxygen atoms in total. The summed E-state index contributed by atoms with van der Waals surface area (Å²) >= 11 is 0. The van der Waals surface area contributed by atoms with Crippen LogP contribution in [0.1, 0.15) is 44.9 Å². The zero-order valence-electron chi connectivity index (χ0n) is 13.2. The molecule has 2 saturated heterocycles. The third-order valence-corrected chi connectivity index (χ3v) is 5.53. The van der Waals surface area contributed by atoms with Crippen molar-refractivity contribution in [2.24, 2.45) is 0 Å². The molecule has 4 rings (SSSR count). The molecule has 0 radical (unpaired) electrons. The molecule has 3 fully saturated rings. The second kappa shape index (κ2) is 6.13. The van der Waals surface area contributed by atoms with Gasteiger partial charge in [-0.3, -0.25) is 0 Å². The Morgan fingerprint density at radius 1 is 1.23 bits per heavy atom. The number of ether oxygens (including phenoxy) is 1. The Kier molecular flexibility index (Phi) is 4.01. The maximum atomic E-state index is 6.04. The summed E-state index contributed by atoms with van der Waals surface area (Å²) in [6.45, 7) is 3.07. The fraction of sp³-hybridized carbons (Fsp3) is 0.765. The third kappa shape index (κ3) is 2.97. The molecule has 2 atom stereocenters. The molecule has 5 heteroatoms. The Bertz CT molecular complexity index is 491. The average Bonchev–Trinajstić information content (AvgIpc) is 2.55. The summed E-state index contributed by atoms with van der Waals surface area (Å²) in [6, 6.07) is 5.22. The van der Waals surface area contributed by atoms with Crippen LogP contribution in [0.3, 0.4) is 0 Å². The molecule has 2 aliphatic heterocycles. The predicted molar refractivity (Wildman–Crippen MR) is 86.0 cm³/mol. The number of rotatable bonds is 3. The lowest BCUT2D eigenvalue weighted by Gasteiger charge is -2.48. The first-order valence-corrected chi connectivity index (χ1v) is 8.76. The minimum absolute atomic E-state index is 0.231. The van der Waals surface area contributed by atoms with Gasteiger partial charge in [0.2, 0.25) is 0 Å². The van der Waals surface area contributed by atoms with Gasteiger partial charge in [-0.2, -0.15) is 5.10 Å². The van der Waals surface area contributed by atoms with Gasteiger partial charge in [0.1, 0.15) is 0 Å². The van der Waals surface area contributed by atoms with Crippen molar-refractivity contribution in [3.05, 3.63) is 18.3 Å². The van der Waals surface area contributed by atoms with Gasteiger partial charge in [0.05, 0.1) is 5.60 Å². The van der Waals surface area contributed by atoms with E-state index >= 15 is 0 Å². The molecule has 22 heavy (non-hydrogen) atoms. The van der Waals surface area contributed by atoms with E-state index in [-0.39, 0.29) is 5.60 Å². The number of nitrogens with zero attached hydrogens (tertiary/aromatic N) is 3. The summed E-state index contributed by atoms with van der Waals surface area (Å²) in [4.78, 5) is 2.37. The Labute approximate surface area is 132 Å². The van der Waals surface area contributed by atoms with Gasteiger partial charge in [-0.1, -0.05) is 0 Å². The van der Waals surface area contributed by atoms with Gasteiger partial charge in [-0.25, -0.2) is 0 Å². The van der Waals surface area contributed by atoms with E-state index in [1.165, 1.54) is 38.5 Å². The monoisotopic (exact) mass is 302 g/mol. The molecule has 1 aromatic heterocycles. The van der Waals surface area contributed by atoms with E-state index in [9.17, 15) is 0 Å². The molecular formula is C17H26N4O. The fourth-order valence-electron chi connectivity index (χ4n) is 4.21. The minimum atomic E-state index is 0.231. The highest BCUT2D eigenvalue weighted by atomic mass is 16.5. The van der Waals surface area contributed by atoms with Gasteiger partial charge in [-0.05, 0) is 57.1 Å². The van der Waals surface area contributed by atoms with Crippen molar-refractivity contribution < 1.29 is 4.74 Å². The summed E-state index contributed by atoms with van der Waals surface area (Å²) in [5.74, 6) is 1.01. The molecule has 3 heterocycles. The van der Waals surface area contributed by atoms with Crippen molar-refractivity contribution in [1.82, 2.24) is 15.5 Å². The molecular weight excluding hydrogens is 276 g/mol.